The summed E-state index contributed by atoms with van der Waals surface area (Å²) in [5, 5.41) is 11.5. The van der Waals surface area contributed by atoms with Crippen molar-refractivity contribution >= 4 is 15.8 Å². The second-order valence-corrected chi connectivity index (χ2v) is 9.60. The van der Waals surface area contributed by atoms with Crippen LogP contribution in [-0.4, -0.2) is 38.0 Å². The van der Waals surface area contributed by atoms with Crippen LogP contribution in [0.25, 0.3) is 11.1 Å². The number of hydrogen-bond acceptors (Lipinski definition) is 4. The summed E-state index contributed by atoms with van der Waals surface area (Å²) >= 11 is 0. The zero-order valence-corrected chi connectivity index (χ0v) is 17.6. The highest BCUT2D eigenvalue weighted by molar-refractivity contribution is 7.90. The Morgan fingerprint density at radius 1 is 1.00 bits per heavy atom. The summed E-state index contributed by atoms with van der Waals surface area (Å²) in [5.41, 5.74) is 1.15. The number of aliphatic carboxylic acids is 1. The SMILES string of the molecule is CC(C)C[C@H](N[C@@H](c1ccc(-c2ccc(S(C)(=O)=O)cc2)cc1)C(F)(F)F)C(=O)O. The molecule has 2 atom stereocenters. The summed E-state index contributed by atoms with van der Waals surface area (Å²) < 4.78 is 64.0. The molecule has 0 radical (unpaired) electrons. The van der Waals surface area contributed by atoms with Crippen molar-refractivity contribution in [1.82, 2.24) is 5.32 Å². The van der Waals surface area contributed by atoms with Gasteiger partial charge in [0, 0.05) is 6.26 Å². The van der Waals surface area contributed by atoms with Gasteiger partial charge in [0.25, 0.3) is 0 Å². The quantitative estimate of drug-likeness (QED) is 0.630. The molecule has 0 fully saturated rings. The zero-order valence-electron chi connectivity index (χ0n) is 16.8. The van der Waals surface area contributed by atoms with Crippen LogP contribution < -0.4 is 5.32 Å². The van der Waals surface area contributed by atoms with Crippen LogP contribution in [0.5, 0.6) is 0 Å². The normalized spacial score (nSPS) is 14.5. The number of rotatable bonds is 8. The van der Waals surface area contributed by atoms with Gasteiger partial charge in [-0.15, -0.1) is 0 Å². The Morgan fingerprint density at radius 3 is 1.83 bits per heavy atom. The third kappa shape index (κ3) is 6.30. The number of hydrogen-bond donors (Lipinski definition) is 2. The first-order chi connectivity index (χ1) is 13.8. The summed E-state index contributed by atoms with van der Waals surface area (Å²) in [5.74, 6) is -1.43. The van der Waals surface area contributed by atoms with Gasteiger partial charge >= 0.3 is 12.1 Å². The van der Waals surface area contributed by atoms with Crippen molar-refractivity contribution in [2.45, 2.75) is 43.4 Å². The van der Waals surface area contributed by atoms with Gasteiger partial charge in [0.15, 0.2) is 9.84 Å². The Bertz CT molecular complexity index is 969. The third-order valence-electron chi connectivity index (χ3n) is 4.56. The summed E-state index contributed by atoms with van der Waals surface area (Å²) in [4.78, 5) is 11.5. The second-order valence-electron chi connectivity index (χ2n) is 7.58. The largest absolute Gasteiger partial charge is 0.480 e. The Balaban J connectivity index is 2.30. The molecule has 2 aromatic carbocycles. The third-order valence-corrected chi connectivity index (χ3v) is 5.69. The molecule has 2 N–H and O–H groups in total. The van der Waals surface area contributed by atoms with E-state index < -0.39 is 34.1 Å². The van der Waals surface area contributed by atoms with Crippen molar-refractivity contribution < 1.29 is 31.5 Å². The first-order valence-electron chi connectivity index (χ1n) is 9.25. The first kappa shape index (κ1) is 23.9. The number of carboxylic acid groups (broad SMARTS) is 1. The minimum atomic E-state index is -4.68. The molecule has 0 saturated carbocycles. The van der Waals surface area contributed by atoms with Crippen molar-refractivity contribution in [2.24, 2.45) is 5.92 Å². The van der Waals surface area contributed by atoms with Gasteiger partial charge < -0.3 is 5.11 Å². The smallest absolute Gasteiger partial charge is 0.407 e. The number of carboxylic acids is 1. The van der Waals surface area contributed by atoms with Crippen molar-refractivity contribution in [3.8, 4) is 11.1 Å². The predicted molar refractivity (Wildman–Crippen MR) is 108 cm³/mol. The molecule has 30 heavy (non-hydrogen) atoms. The fraction of sp³-hybridized carbons (Fsp3) is 0.381. The molecule has 2 rings (SSSR count). The maximum absolute atomic E-state index is 13.6. The average molecular weight is 443 g/mol. The molecule has 0 aromatic heterocycles. The lowest BCUT2D eigenvalue weighted by atomic mass is 9.98. The summed E-state index contributed by atoms with van der Waals surface area (Å²) in [6.07, 6.45) is -3.53. The fourth-order valence-electron chi connectivity index (χ4n) is 3.06. The fourth-order valence-corrected chi connectivity index (χ4v) is 3.69. The number of benzene rings is 2. The number of nitrogens with one attached hydrogen (secondary N) is 1. The number of carbonyl (C=O) groups is 1. The van der Waals surface area contributed by atoms with Crippen molar-refractivity contribution in [1.29, 1.82) is 0 Å². The van der Waals surface area contributed by atoms with E-state index in [2.05, 4.69) is 5.32 Å². The van der Waals surface area contributed by atoms with E-state index in [1.54, 1.807) is 26.0 Å². The minimum Gasteiger partial charge on any atom is -0.480 e. The topological polar surface area (TPSA) is 83.5 Å². The van der Waals surface area contributed by atoms with Gasteiger partial charge in [-0.1, -0.05) is 50.2 Å². The van der Waals surface area contributed by atoms with Gasteiger partial charge in [0.1, 0.15) is 12.1 Å². The van der Waals surface area contributed by atoms with E-state index in [1.807, 2.05) is 0 Å². The predicted octanol–water partition coefficient (Wildman–Crippen LogP) is 4.45. The highest BCUT2D eigenvalue weighted by Crippen LogP contribution is 2.34. The molecule has 0 saturated heterocycles. The van der Waals surface area contributed by atoms with Crippen LogP contribution >= 0.6 is 0 Å². The standard InChI is InChI=1S/C21H24F3NO4S/c1-13(2)12-18(20(26)27)25-19(21(22,23)24)16-6-4-14(5-7-16)15-8-10-17(11-9-15)30(3,28)29/h4-11,13,18-19,25H,12H2,1-3H3,(H,26,27)/t18-,19-/m0/s1. The number of halogens is 3. The van der Waals surface area contributed by atoms with Gasteiger partial charge in [-0.2, -0.15) is 13.2 Å². The molecular weight excluding hydrogens is 419 g/mol. The molecule has 0 bridgehead atoms. The Labute approximate surface area is 173 Å². The second kappa shape index (κ2) is 9.18. The van der Waals surface area contributed by atoms with Crippen LogP contribution in [0.2, 0.25) is 0 Å². The number of alkyl halides is 3. The highest BCUT2D eigenvalue weighted by Gasteiger charge is 2.42. The zero-order chi connectivity index (χ0) is 22.7. The lowest BCUT2D eigenvalue weighted by Crippen LogP contribution is -2.45. The van der Waals surface area contributed by atoms with Crippen LogP contribution in [0.4, 0.5) is 13.2 Å². The molecular formula is C21H24F3NO4S. The van der Waals surface area contributed by atoms with E-state index in [0.29, 0.717) is 11.1 Å². The maximum atomic E-state index is 13.6. The molecule has 5 nitrogen and oxygen atoms in total. The highest BCUT2D eigenvalue weighted by atomic mass is 32.2. The van der Waals surface area contributed by atoms with E-state index in [9.17, 15) is 31.5 Å². The Morgan fingerprint density at radius 2 is 1.47 bits per heavy atom. The minimum absolute atomic E-state index is 0.0622. The van der Waals surface area contributed by atoms with Crippen LogP contribution in [0.1, 0.15) is 31.9 Å². The lowest BCUT2D eigenvalue weighted by Gasteiger charge is -2.27. The molecule has 0 amide bonds. The van der Waals surface area contributed by atoms with E-state index >= 15 is 0 Å². The van der Waals surface area contributed by atoms with Crippen LogP contribution in [0.3, 0.4) is 0 Å². The molecule has 0 spiro atoms. The maximum Gasteiger partial charge on any atom is 0.407 e. The molecule has 0 aliphatic carbocycles. The van der Waals surface area contributed by atoms with E-state index in [0.717, 1.165) is 6.26 Å². The number of sulfone groups is 1. The van der Waals surface area contributed by atoms with Gasteiger partial charge in [-0.05, 0) is 41.2 Å². The van der Waals surface area contributed by atoms with Gasteiger partial charge in [0.2, 0.25) is 0 Å². The average Bonchev–Trinajstić information content (AvgIpc) is 2.63. The van der Waals surface area contributed by atoms with E-state index in [-0.39, 0.29) is 22.8 Å². The molecule has 0 aliphatic rings. The lowest BCUT2D eigenvalue weighted by molar-refractivity contribution is -0.163. The molecule has 164 valence electrons. The molecule has 0 aliphatic heterocycles. The van der Waals surface area contributed by atoms with Crippen molar-refractivity contribution in [2.75, 3.05) is 6.26 Å². The summed E-state index contributed by atoms with van der Waals surface area (Å²) in [6.45, 7) is 3.48. The van der Waals surface area contributed by atoms with Crippen LogP contribution in [-0.2, 0) is 14.6 Å². The van der Waals surface area contributed by atoms with Crippen LogP contribution in [0, 0.1) is 5.92 Å². The Hall–Kier alpha value is -2.39. The van der Waals surface area contributed by atoms with E-state index in [1.165, 1.54) is 36.4 Å². The van der Waals surface area contributed by atoms with Gasteiger partial charge in [-0.25, -0.2) is 8.42 Å². The molecule has 0 unspecified atom stereocenters. The van der Waals surface area contributed by atoms with E-state index in [4.69, 9.17) is 0 Å². The monoisotopic (exact) mass is 443 g/mol. The van der Waals surface area contributed by atoms with Crippen molar-refractivity contribution in [3.63, 3.8) is 0 Å². The Kier molecular flexibility index (Phi) is 7.31. The van der Waals surface area contributed by atoms with Gasteiger partial charge in [0.05, 0.1) is 4.90 Å². The molecule has 0 heterocycles. The van der Waals surface area contributed by atoms with Crippen LogP contribution in [0.15, 0.2) is 53.4 Å². The van der Waals surface area contributed by atoms with Crippen molar-refractivity contribution in [3.05, 3.63) is 54.1 Å². The molecule has 2 aromatic rings. The summed E-state index contributed by atoms with van der Waals surface area (Å²) in [7, 11) is -3.34. The molecule has 9 heteroatoms. The summed E-state index contributed by atoms with van der Waals surface area (Å²) in [6, 6.07) is 8.12. The van der Waals surface area contributed by atoms with Gasteiger partial charge in [-0.3, -0.25) is 10.1 Å². The first-order valence-corrected chi connectivity index (χ1v) is 11.1.